The van der Waals surface area contributed by atoms with Gasteiger partial charge in [-0.25, -0.2) is 9.97 Å². The van der Waals surface area contributed by atoms with E-state index in [1.807, 2.05) is 0 Å². The number of amides is 2. The van der Waals surface area contributed by atoms with E-state index in [4.69, 9.17) is 0 Å². The molecule has 186 valence electrons. The van der Waals surface area contributed by atoms with Gasteiger partial charge in [-0.05, 0) is 24.3 Å². The number of rotatable bonds is 7. The highest BCUT2D eigenvalue weighted by Crippen LogP contribution is 2.38. The molecule has 0 fully saturated rings. The number of nitrogens with one attached hydrogen (secondary N) is 2. The summed E-state index contributed by atoms with van der Waals surface area (Å²) in [5.74, 6) is -15.5. The molecule has 36 heavy (non-hydrogen) atoms. The smallest absolute Gasteiger partial charge is 0.296 e. The third-order valence-electron chi connectivity index (χ3n) is 4.69. The van der Waals surface area contributed by atoms with Crippen molar-refractivity contribution < 1.29 is 27.2 Å². The summed E-state index contributed by atoms with van der Waals surface area (Å²) in [6, 6.07) is 13.7. The topological polar surface area (TPSA) is 84.0 Å². The molecule has 4 rings (SSSR count). The minimum Gasteiger partial charge on any atom is -0.296 e. The van der Waals surface area contributed by atoms with Crippen LogP contribution in [0.2, 0.25) is 0 Å². The summed E-state index contributed by atoms with van der Waals surface area (Å²) in [7, 11) is 0. The number of benzene rings is 2. The fourth-order valence-corrected chi connectivity index (χ4v) is 4.76. The molecule has 2 amide bonds. The number of alkyl halides is 4. The Morgan fingerprint density at radius 3 is 1.33 bits per heavy atom. The maximum absolute atomic E-state index is 14.4. The van der Waals surface area contributed by atoms with E-state index in [-0.39, 0.29) is 10.3 Å². The second-order valence-electron chi connectivity index (χ2n) is 7.15. The number of carbonyl (C=O) groups is 2. The fourth-order valence-electron chi connectivity index (χ4n) is 2.81. The Hall–Kier alpha value is -2.68. The Morgan fingerprint density at radius 2 is 1.00 bits per heavy atom. The molecule has 0 bridgehead atoms. The van der Waals surface area contributed by atoms with E-state index in [1.54, 1.807) is 59.2 Å². The largest absolute Gasteiger partial charge is 0.396 e. The van der Waals surface area contributed by atoms with E-state index < -0.39 is 23.7 Å². The quantitative estimate of drug-likeness (QED) is 0.203. The highest BCUT2D eigenvalue weighted by atomic mass is 79.9. The molecule has 0 aliphatic carbocycles. The van der Waals surface area contributed by atoms with E-state index in [0.717, 1.165) is 31.6 Å². The Kier molecular flexibility index (Phi) is 7.59. The van der Waals surface area contributed by atoms with E-state index in [0.29, 0.717) is 22.5 Å². The maximum atomic E-state index is 14.4. The van der Waals surface area contributed by atoms with E-state index in [1.165, 1.54) is 10.8 Å². The Balaban J connectivity index is 1.44. The SMILES string of the molecule is O=C(Nc1nc(-c2ccc(Br)cc2)cs1)C(F)(F)C(F)(F)C(=O)Nc1nc(-c2ccc(Br)cc2)cs1. The van der Waals surface area contributed by atoms with Crippen LogP contribution in [0.3, 0.4) is 0 Å². The van der Waals surface area contributed by atoms with Crippen molar-refractivity contribution in [3.05, 3.63) is 68.2 Å². The van der Waals surface area contributed by atoms with Gasteiger partial charge in [-0.3, -0.25) is 20.2 Å². The zero-order chi connectivity index (χ0) is 26.1. The molecule has 2 heterocycles. The van der Waals surface area contributed by atoms with Gasteiger partial charge < -0.3 is 0 Å². The third kappa shape index (κ3) is 5.51. The Bertz CT molecular complexity index is 1300. The number of nitrogens with zero attached hydrogens (tertiary/aromatic N) is 2. The molecule has 4 aromatic rings. The van der Waals surface area contributed by atoms with Gasteiger partial charge in [0.25, 0.3) is 0 Å². The van der Waals surface area contributed by atoms with Crippen molar-refractivity contribution >= 4 is 76.6 Å². The van der Waals surface area contributed by atoms with Crippen molar-refractivity contribution in [2.24, 2.45) is 0 Å². The average Bonchev–Trinajstić information content (AvgIpc) is 3.50. The molecule has 2 N–H and O–H groups in total. The van der Waals surface area contributed by atoms with Crippen molar-refractivity contribution in [3.63, 3.8) is 0 Å². The number of hydrogen-bond acceptors (Lipinski definition) is 6. The van der Waals surface area contributed by atoms with Crippen molar-refractivity contribution in [2.45, 2.75) is 11.8 Å². The summed E-state index contributed by atoms with van der Waals surface area (Å²) in [5, 5.41) is 5.62. The predicted molar refractivity (Wildman–Crippen MR) is 138 cm³/mol. The molecule has 2 aromatic heterocycles. The van der Waals surface area contributed by atoms with Crippen LogP contribution in [0.1, 0.15) is 0 Å². The second-order valence-corrected chi connectivity index (χ2v) is 10.7. The summed E-state index contributed by atoms with van der Waals surface area (Å²) in [6.07, 6.45) is 0. The lowest BCUT2D eigenvalue weighted by molar-refractivity contribution is -0.204. The van der Waals surface area contributed by atoms with Crippen LogP contribution in [0, 0.1) is 0 Å². The molecule has 2 aromatic carbocycles. The van der Waals surface area contributed by atoms with Gasteiger partial charge in [-0.1, -0.05) is 56.1 Å². The number of halogens is 6. The van der Waals surface area contributed by atoms with Crippen LogP contribution < -0.4 is 10.6 Å². The van der Waals surface area contributed by atoms with Gasteiger partial charge in [-0.15, -0.1) is 22.7 Å². The lowest BCUT2D eigenvalue weighted by Gasteiger charge is -2.23. The van der Waals surface area contributed by atoms with Crippen LogP contribution in [-0.2, 0) is 9.59 Å². The number of carbonyl (C=O) groups excluding carboxylic acids is 2. The van der Waals surface area contributed by atoms with Crippen LogP contribution in [0.25, 0.3) is 22.5 Å². The highest BCUT2D eigenvalue weighted by Gasteiger charge is 2.67. The minimum absolute atomic E-state index is 0.326. The first-order valence-electron chi connectivity index (χ1n) is 9.79. The van der Waals surface area contributed by atoms with Gasteiger partial charge in [0.15, 0.2) is 10.3 Å². The maximum Gasteiger partial charge on any atom is 0.396 e. The first-order chi connectivity index (χ1) is 17.0. The zero-order valence-corrected chi connectivity index (χ0v) is 22.4. The molecular weight excluding hydrogens is 652 g/mol. The minimum atomic E-state index is -5.37. The molecule has 0 unspecified atom stereocenters. The van der Waals surface area contributed by atoms with Gasteiger partial charge >= 0.3 is 23.7 Å². The molecule has 0 aliphatic rings. The van der Waals surface area contributed by atoms with Gasteiger partial charge in [0, 0.05) is 30.8 Å². The molecule has 0 saturated carbocycles. The van der Waals surface area contributed by atoms with Crippen LogP contribution in [0.4, 0.5) is 27.8 Å². The predicted octanol–water partition coefficient (Wildman–Crippen LogP) is 7.31. The zero-order valence-electron chi connectivity index (χ0n) is 17.6. The highest BCUT2D eigenvalue weighted by molar-refractivity contribution is 9.10. The van der Waals surface area contributed by atoms with Crippen molar-refractivity contribution in [1.29, 1.82) is 0 Å². The number of thiazole rings is 2. The molecule has 0 aliphatic heterocycles. The number of aromatic nitrogens is 2. The van der Waals surface area contributed by atoms with Crippen molar-refractivity contribution in [2.75, 3.05) is 10.6 Å². The molecule has 6 nitrogen and oxygen atoms in total. The Labute approximate surface area is 226 Å². The van der Waals surface area contributed by atoms with Gasteiger partial charge in [0.1, 0.15) is 0 Å². The second kappa shape index (κ2) is 10.4. The molecule has 14 heteroatoms. The summed E-state index contributed by atoms with van der Waals surface area (Å²) in [4.78, 5) is 32.1. The third-order valence-corrected chi connectivity index (χ3v) is 7.27. The average molecular weight is 664 g/mol. The molecule has 0 saturated heterocycles. The molecular formula is C22H12Br2F4N4O2S2. The number of hydrogen-bond donors (Lipinski definition) is 2. The fraction of sp³-hybridized carbons (Fsp3) is 0.0909. The summed E-state index contributed by atoms with van der Waals surface area (Å²) >= 11 is 8.09. The lowest BCUT2D eigenvalue weighted by Crippen LogP contribution is -2.56. The van der Waals surface area contributed by atoms with Crippen LogP contribution in [-0.4, -0.2) is 33.6 Å². The van der Waals surface area contributed by atoms with E-state index in [9.17, 15) is 27.2 Å². The normalized spacial score (nSPS) is 11.8. The first-order valence-corrected chi connectivity index (χ1v) is 13.1. The van der Waals surface area contributed by atoms with Gasteiger partial charge in [0.2, 0.25) is 0 Å². The lowest BCUT2D eigenvalue weighted by atomic mass is 10.1. The van der Waals surface area contributed by atoms with Crippen LogP contribution in [0.15, 0.2) is 68.2 Å². The van der Waals surface area contributed by atoms with Gasteiger partial charge in [0.05, 0.1) is 11.4 Å². The summed E-state index contributed by atoms with van der Waals surface area (Å²) in [6.45, 7) is 0. The standard InChI is InChI=1S/C22H12Br2F4N4O2S2/c23-13-5-1-11(2-6-13)15-9-35-19(29-15)31-17(33)21(25,26)22(27,28)18(34)32-20-30-16(10-36-20)12-3-7-14(24)8-4-12/h1-10H,(H,29,31,33)(H,30,32,34). The van der Waals surface area contributed by atoms with Crippen LogP contribution >= 0.6 is 54.5 Å². The molecule has 0 atom stereocenters. The summed E-state index contributed by atoms with van der Waals surface area (Å²) in [5.41, 5.74) is 1.94. The van der Waals surface area contributed by atoms with Crippen LogP contribution in [0.5, 0.6) is 0 Å². The number of anilines is 2. The van der Waals surface area contributed by atoms with E-state index in [2.05, 4.69) is 41.8 Å². The molecule has 0 spiro atoms. The monoisotopic (exact) mass is 662 g/mol. The molecule has 0 radical (unpaired) electrons. The first kappa shape index (κ1) is 26.4. The van der Waals surface area contributed by atoms with Crippen molar-refractivity contribution in [1.82, 2.24) is 9.97 Å². The van der Waals surface area contributed by atoms with E-state index >= 15 is 0 Å². The Morgan fingerprint density at radius 1 is 0.667 bits per heavy atom. The summed E-state index contributed by atoms with van der Waals surface area (Å²) < 4.78 is 59.4. The van der Waals surface area contributed by atoms with Gasteiger partial charge in [-0.2, -0.15) is 17.6 Å². The van der Waals surface area contributed by atoms with Crippen molar-refractivity contribution in [3.8, 4) is 22.5 Å².